The third kappa shape index (κ3) is 7.27. The van der Waals surface area contributed by atoms with E-state index in [1.54, 1.807) is 0 Å². The van der Waals surface area contributed by atoms with Crippen LogP contribution in [-0.4, -0.2) is 45.8 Å². The van der Waals surface area contributed by atoms with Crippen molar-refractivity contribution in [3.63, 3.8) is 0 Å². The summed E-state index contributed by atoms with van der Waals surface area (Å²) in [7, 11) is -2.76. The van der Waals surface area contributed by atoms with Gasteiger partial charge in [0.1, 0.15) is 17.5 Å². The first-order valence-corrected chi connectivity index (χ1v) is 12.7. The van der Waals surface area contributed by atoms with Crippen LogP contribution in [0.2, 0.25) is 0 Å². The molecule has 0 spiro atoms. The van der Waals surface area contributed by atoms with Crippen LogP contribution in [0, 0.1) is 0 Å². The van der Waals surface area contributed by atoms with Gasteiger partial charge in [0.2, 0.25) is 5.91 Å². The molecule has 0 aliphatic carbocycles. The van der Waals surface area contributed by atoms with Crippen LogP contribution in [0.3, 0.4) is 0 Å². The molecule has 0 radical (unpaired) electrons. The predicted octanol–water partition coefficient (Wildman–Crippen LogP) is 2.59. The van der Waals surface area contributed by atoms with Crippen LogP contribution >= 0.6 is 31.1 Å². The van der Waals surface area contributed by atoms with E-state index in [0.29, 0.717) is 23.4 Å². The highest BCUT2D eigenvalue weighted by molar-refractivity contribution is 8.23. The molecule has 0 saturated carbocycles. The SMILES string of the molecule is CC(=O)N[C@@H](CSC(=S)NCCCP(=O)(c1ccccc1)c1ccccc1)C(=O)O. The topological polar surface area (TPSA) is 95.5 Å². The molecule has 0 bridgehead atoms. The Hall–Kier alpha value is -2.15. The van der Waals surface area contributed by atoms with E-state index >= 15 is 0 Å². The lowest BCUT2D eigenvalue weighted by molar-refractivity contribution is -0.140. The van der Waals surface area contributed by atoms with Crippen molar-refractivity contribution in [2.75, 3.05) is 18.5 Å². The Labute approximate surface area is 186 Å². The molecule has 0 aromatic heterocycles. The van der Waals surface area contributed by atoms with Crippen LogP contribution in [0.4, 0.5) is 0 Å². The Morgan fingerprint density at radius 2 is 1.60 bits per heavy atom. The zero-order chi connectivity index (χ0) is 22.0. The summed E-state index contributed by atoms with van der Waals surface area (Å²) in [5.74, 6) is -1.38. The maximum absolute atomic E-state index is 13.9. The number of carbonyl (C=O) groups excluding carboxylic acids is 1. The van der Waals surface area contributed by atoms with Gasteiger partial charge in [0.15, 0.2) is 0 Å². The number of benzene rings is 2. The van der Waals surface area contributed by atoms with E-state index in [2.05, 4.69) is 10.6 Å². The van der Waals surface area contributed by atoms with Crippen molar-refractivity contribution in [1.82, 2.24) is 10.6 Å². The molecule has 0 saturated heterocycles. The molecule has 2 rings (SSSR count). The number of carboxylic acid groups (broad SMARTS) is 1. The van der Waals surface area contributed by atoms with Crippen molar-refractivity contribution in [3.8, 4) is 0 Å². The van der Waals surface area contributed by atoms with Crippen molar-refractivity contribution >= 4 is 57.9 Å². The summed E-state index contributed by atoms with van der Waals surface area (Å²) in [6.45, 7) is 1.79. The van der Waals surface area contributed by atoms with Crippen LogP contribution < -0.4 is 21.2 Å². The third-order valence-electron chi connectivity index (χ3n) is 4.32. The summed E-state index contributed by atoms with van der Waals surface area (Å²) in [6, 6.07) is 18.0. The second kappa shape index (κ2) is 11.9. The van der Waals surface area contributed by atoms with E-state index in [1.165, 1.54) is 6.92 Å². The second-order valence-corrected chi connectivity index (χ2v) is 11.3. The zero-order valence-electron chi connectivity index (χ0n) is 16.6. The molecular formula is C21H25N2O4PS2. The van der Waals surface area contributed by atoms with Crippen LogP contribution in [0.25, 0.3) is 0 Å². The van der Waals surface area contributed by atoms with Gasteiger partial charge >= 0.3 is 5.97 Å². The normalized spacial score (nSPS) is 12.0. The van der Waals surface area contributed by atoms with E-state index in [9.17, 15) is 14.2 Å². The fourth-order valence-corrected chi connectivity index (χ4v) is 6.65. The molecule has 160 valence electrons. The molecule has 6 nitrogen and oxygen atoms in total. The highest BCUT2D eigenvalue weighted by Gasteiger charge is 2.26. The number of nitrogens with one attached hydrogen (secondary N) is 2. The van der Waals surface area contributed by atoms with Gasteiger partial charge in [0.05, 0.1) is 0 Å². The molecular weight excluding hydrogens is 439 g/mol. The fraction of sp³-hybridized carbons (Fsp3) is 0.286. The van der Waals surface area contributed by atoms with Crippen LogP contribution in [0.1, 0.15) is 13.3 Å². The molecule has 3 N–H and O–H groups in total. The first-order chi connectivity index (χ1) is 14.3. The van der Waals surface area contributed by atoms with Gasteiger partial charge in [0.25, 0.3) is 0 Å². The van der Waals surface area contributed by atoms with Crippen molar-refractivity contribution in [2.24, 2.45) is 0 Å². The van der Waals surface area contributed by atoms with Gasteiger partial charge in [-0.05, 0) is 6.42 Å². The quantitative estimate of drug-likeness (QED) is 0.283. The summed E-state index contributed by atoms with van der Waals surface area (Å²) in [4.78, 5) is 22.2. The standard InChI is InChI=1S/C21H25N2O4PS2/c1-16(24)23-19(20(25)26)15-30-21(29)22-13-8-14-28(27,17-9-4-2-5-10-17)18-11-6-3-7-12-18/h2-7,9-12,19H,8,13-15H2,1H3,(H,22,29)(H,23,24)(H,25,26)/t19-/m0/s1. The molecule has 2 aromatic rings. The minimum atomic E-state index is -2.76. The van der Waals surface area contributed by atoms with Crippen LogP contribution in [-0.2, 0) is 14.2 Å². The third-order valence-corrected chi connectivity index (χ3v) is 8.94. The number of aliphatic carboxylic acids is 1. The Kier molecular flexibility index (Phi) is 9.56. The Bertz CT molecular complexity index is 866. The summed E-state index contributed by atoms with van der Waals surface area (Å²) in [5.41, 5.74) is 0. The van der Waals surface area contributed by atoms with Crippen LogP contribution in [0.15, 0.2) is 60.7 Å². The van der Waals surface area contributed by atoms with E-state index in [4.69, 9.17) is 17.3 Å². The lowest BCUT2D eigenvalue weighted by Gasteiger charge is -2.20. The minimum absolute atomic E-state index is 0.132. The summed E-state index contributed by atoms with van der Waals surface area (Å²) >= 11 is 6.40. The molecule has 0 aliphatic heterocycles. The first-order valence-electron chi connectivity index (χ1n) is 9.44. The number of hydrogen-bond acceptors (Lipinski definition) is 5. The molecule has 1 amide bonds. The number of thiocarbonyl (C=S) groups is 1. The predicted molar refractivity (Wildman–Crippen MR) is 128 cm³/mol. The highest BCUT2D eigenvalue weighted by atomic mass is 32.2. The lowest BCUT2D eigenvalue weighted by atomic mass is 10.3. The monoisotopic (exact) mass is 464 g/mol. The van der Waals surface area contributed by atoms with Gasteiger partial charge in [-0.3, -0.25) is 4.79 Å². The first kappa shape index (κ1) is 24.1. The Morgan fingerprint density at radius 3 is 2.07 bits per heavy atom. The average Bonchev–Trinajstić information content (AvgIpc) is 2.74. The highest BCUT2D eigenvalue weighted by Crippen LogP contribution is 2.43. The maximum Gasteiger partial charge on any atom is 0.327 e. The average molecular weight is 465 g/mol. The number of carboxylic acids is 1. The van der Waals surface area contributed by atoms with Gasteiger partial charge in [-0.1, -0.05) is 84.6 Å². The zero-order valence-corrected chi connectivity index (χ0v) is 19.1. The molecule has 0 aliphatic rings. The van der Waals surface area contributed by atoms with Crippen molar-refractivity contribution in [2.45, 2.75) is 19.4 Å². The number of hydrogen-bond donors (Lipinski definition) is 3. The largest absolute Gasteiger partial charge is 0.480 e. The Morgan fingerprint density at radius 1 is 1.07 bits per heavy atom. The summed E-state index contributed by atoms with van der Waals surface area (Å²) in [6.07, 6.45) is 1.13. The van der Waals surface area contributed by atoms with E-state index < -0.39 is 25.1 Å². The molecule has 0 heterocycles. The van der Waals surface area contributed by atoms with Crippen molar-refractivity contribution in [1.29, 1.82) is 0 Å². The van der Waals surface area contributed by atoms with Gasteiger partial charge in [-0.15, -0.1) is 0 Å². The number of thioether (sulfide) groups is 1. The summed E-state index contributed by atoms with van der Waals surface area (Å²) < 4.78 is 14.3. The smallest absolute Gasteiger partial charge is 0.327 e. The number of amides is 1. The fourth-order valence-electron chi connectivity index (χ4n) is 2.87. The van der Waals surface area contributed by atoms with E-state index in [0.717, 1.165) is 22.4 Å². The van der Waals surface area contributed by atoms with Gasteiger partial charge in [-0.2, -0.15) is 0 Å². The molecule has 30 heavy (non-hydrogen) atoms. The molecule has 1 atom stereocenters. The van der Waals surface area contributed by atoms with Gasteiger partial charge < -0.3 is 20.3 Å². The van der Waals surface area contributed by atoms with E-state index in [1.807, 2.05) is 60.7 Å². The maximum atomic E-state index is 13.9. The molecule has 0 fully saturated rings. The molecule has 0 unspecified atom stereocenters. The van der Waals surface area contributed by atoms with Crippen LogP contribution in [0.5, 0.6) is 0 Å². The Balaban J connectivity index is 1.90. The number of rotatable bonds is 10. The van der Waals surface area contributed by atoms with Gasteiger partial charge in [0, 0.05) is 36.0 Å². The minimum Gasteiger partial charge on any atom is -0.480 e. The number of carbonyl (C=O) groups is 2. The van der Waals surface area contributed by atoms with Crippen molar-refractivity contribution < 1.29 is 19.3 Å². The second-order valence-electron chi connectivity index (χ2n) is 6.60. The van der Waals surface area contributed by atoms with Gasteiger partial charge in [-0.25, -0.2) is 4.79 Å². The van der Waals surface area contributed by atoms with E-state index in [-0.39, 0.29) is 5.75 Å². The molecule has 2 aromatic carbocycles. The molecule has 9 heteroatoms. The van der Waals surface area contributed by atoms with Crippen molar-refractivity contribution in [3.05, 3.63) is 60.7 Å². The summed E-state index contributed by atoms with van der Waals surface area (Å²) in [5, 5.41) is 16.2. The lowest BCUT2D eigenvalue weighted by Crippen LogP contribution is -2.42.